The Morgan fingerprint density at radius 1 is 0.524 bits per heavy atom. The Balaban J connectivity index is 0.000000141. The number of esters is 1. The molecule has 3 aromatic carbocycles. The van der Waals surface area contributed by atoms with Crippen molar-refractivity contribution in [3.63, 3.8) is 0 Å². The minimum absolute atomic E-state index is 0.0426. The number of hydrogen-bond donors (Lipinski definition) is 5. The third-order valence-electron chi connectivity index (χ3n) is 21.2. The summed E-state index contributed by atoms with van der Waals surface area (Å²) in [5.41, 5.74) is 9.23. The van der Waals surface area contributed by atoms with Gasteiger partial charge in [-0.05, 0) is 73.0 Å². The van der Waals surface area contributed by atoms with Crippen molar-refractivity contribution in [3.05, 3.63) is 180 Å². The van der Waals surface area contributed by atoms with Crippen LogP contribution >= 0.6 is 0 Å². The zero-order valence-corrected chi connectivity index (χ0v) is 58.3. The van der Waals surface area contributed by atoms with Crippen molar-refractivity contribution in [2.45, 2.75) is 191 Å². The summed E-state index contributed by atoms with van der Waals surface area (Å²) >= 11 is 0. The summed E-state index contributed by atoms with van der Waals surface area (Å²) in [6, 6.07) is 31.0. The average molecular weight is 1430 g/mol. The zero-order valence-electron chi connectivity index (χ0n) is 58.3. The fourth-order valence-electron chi connectivity index (χ4n) is 15.1. The highest BCUT2D eigenvalue weighted by atomic mass is 19.3. The first-order valence-electron chi connectivity index (χ1n) is 35.8. The molecule has 6 N–H and O–H groups in total. The van der Waals surface area contributed by atoms with Crippen LogP contribution in [0.25, 0.3) is 5.52 Å². The van der Waals surface area contributed by atoms with Gasteiger partial charge in [0.05, 0.1) is 18.7 Å². The number of hydrogen-bond acceptors (Lipinski definition) is 18. The van der Waals surface area contributed by atoms with Crippen molar-refractivity contribution >= 4 is 29.0 Å². The van der Waals surface area contributed by atoms with Crippen LogP contribution in [0.5, 0.6) is 0 Å². The number of ketones is 2. The van der Waals surface area contributed by atoms with E-state index in [1.807, 2.05) is 42.5 Å². The van der Waals surface area contributed by atoms with Crippen molar-refractivity contribution in [2.75, 3.05) is 39.3 Å². The number of nitrogens with two attached hydrogens (primary N) is 1. The lowest BCUT2D eigenvalue weighted by molar-refractivity contribution is -0.164. The fourth-order valence-corrected chi connectivity index (χ4v) is 15.1. The maximum absolute atomic E-state index is 13.6. The number of ether oxygens (including phenoxy) is 1. The molecule has 14 rings (SSSR count). The van der Waals surface area contributed by atoms with Gasteiger partial charge in [-0.25, -0.2) is 35.8 Å². The van der Waals surface area contributed by atoms with Crippen molar-refractivity contribution < 1.29 is 50.3 Å². The summed E-state index contributed by atoms with van der Waals surface area (Å²) in [5, 5.41) is 23.8. The zero-order chi connectivity index (χ0) is 73.2. The number of imidazole rings is 1. The van der Waals surface area contributed by atoms with E-state index in [1.54, 1.807) is 4.52 Å². The molecule has 3 saturated heterocycles. The smallest absolute Gasteiger partial charge is 0.310 e. The molecule has 3 aliphatic heterocycles. The molecule has 4 aliphatic carbocycles. The monoisotopic (exact) mass is 1430 g/mol. The molecule has 0 bridgehead atoms. The standard InChI is InChI=1S/C23H29F2N5O2.C23H27F2N5O.C16H21N5O.C12H14F2O4/c1-15-12-30(13-16-5-3-2-4-6-16)14-18(15)20-27-22(32)19(28-29-20)11-26-21(31)17-7-9-23(24,25)10-8-17;1-15-12-29(13-16-5-3-2-4-6-16)14-18(15)20-27-22(31)19-11-26-21(30(19)28-20)17-7-9-23(24,25)10-8-17;1-11-8-21(9-12-5-3-2-4-6-12)10-13(11)15-18-16(22)14(7-17)19-20-15;13-12(14)5-3-7(4-6-12)11(17)18-10-8(15)1-2-9(10)16/h2-6,15,17-18H,7-14H2,1H3,(H,26,31)(H,27,29,32);2-6,11,15,17-18H,7-10,12-14H2,1H3,(H,27,28,31);2-6,11,13H,7-10,17H2,1H3,(H,18,20,22);7,10H,1-6H2. The molecule has 29 heteroatoms. The number of nitrogens with one attached hydrogen (secondary N) is 4. The topological polar surface area (TPSA) is 306 Å². The molecule has 7 fully saturated rings. The molecule has 23 nitrogen and oxygen atoms in total. The Morgan fingerprint density at radius 3 is 1.35 bits per heavy atom. The van der Waals surface area contributed by atoms with Crippen molar-refractivity contribution in [1.29, 1.82) is 0 Å². The molecule has 6 unspecified atom stereocenters. The van der Waals surface area contributed by atoms with Gasteiger partial charge in [0, 0.05) is 146 Å². The van der Waals surface area contributed by atoms with Crippen LogP contribution in [0.4, 0.5) is 26.3 Å². The summed E-state index contributed by atoms with van der Waals surface area (Å²) in [5.74, 6) is -6.97. The van der Waals surface area contributed by atoms with E-state index in [0.717, 1.165) is 58.9 Å². The second kappa shape index (κ2) is 33.4. The number of rotatable bonds is 16. The molecule has 7 heterocycles. The summed E-state index contributed by atoms with van der Waals surface area (Å²) in [6.07, 6.45) is -0.00848. The van der Waals surface area contributed by atoms with Crippen molar-refractivity contribution in [1.82, 2.24) is 70.0 Å². The summed E-state index contributed by atoms with van der Waals surface area (Å²) in [6.45, 7) is 14.5. The van der Waals surface area contributed by atoms with Gasteiger partial charge in [-0.2, -0.15) is 5.10 Å². The lowest BCUT2D eigenvalue weighted by Gasteiger charge is -2.27. The molecule has 0 radical (unpaired) electrons. The molecule has 7 aromatic rings. The number of alkyl halides is 6. The third-order valence-corrected chi connectivity index (χ3v) is 21.2. The van der Waals surface area contributed by atoms with Gasteiger partial charge in [0.15, 0.2) is 17.1 Å². The first kappa shape index (κ1) is 75.5. The maximum atomic E-state index is 13.6. The minimum Gasteiger partial charge on any atom is -0.446 e. The van der Waals surface area contributed by atoms with Gasteiger partial charge >= 0.3 is 5.97 Å². The summed E-state index contributed by atoms with van der Waals surface area (Å²) in [7, 11) is 0. The molecular weight excluding hydrogens is 1340 g/mol. The van der Waals surface area contributed by atoms with Gasteiger partial charge in [0.1, 0.15) is 34.7 Å². The lowest BCUT2D eigenvalue weighted by Crippen LogP contribution is -2.37. The number of H-pyrrole nitrogens is 3. The predicted octanol–water partition coefficient (Wildman–Crippen LogP) is 9.30. The van der Waals surface area contributed by atoms with E-state index in [4.69, 9.17) is 15.6 Å². The molecule has 4 saturated carbocycles. The van der Waals surface area contributed by atoms with Gasteiger partial charge in [-0.1, -0.05) is 112 Å². The van der Waals surface area contributed by atoms with E-state index >= 15 is 0 Å². The summed E-state index contributed by atoms with van der Waals surface area (Å²) < 4.78 is 86.0. The van der Waals surface area contributed by atoms with Crippen LogP contribution in [-0.2, 0) is 56.6 Å². The number of aromatic amines is 3. The fraction of sp³-hybridized carbons (Fsp3) is 0.554. The number of halogens is 6. The molecule has 6 atom stereocenters. The second-order valence-corrected chi connectivity index (χ2v) is 29.1. The highest BCUT2D eigenvalue weighted by molar-refractivity contribution is 6.12. The second-order valence-electron chi connectivity index (χ2n) is 29.1. The lowest BCUT2D eigenvalue weighted by atomic mass is 9.86. The predicted molar refractivity (Wildman–Crippen MR) is 369 cm³/mol. The van der Waals surface area contributed by atoms with E-state index in [0.29, 0.717) is 59.4 Å². The van der Waals surface area contributed by atoms with Gasteiger partial charge in [0.25, 0.3) is 16.7 Å². The first-order chi connectivity index (χ1) is 49.3. The van der Waals surface area contributed by atoms with Gasteiger partial charge in [0.2, 0.25) is 29.8 Å². The molecule has 103 heavy (non-hydrogen) atoms. The number of amides is 1. The third kappa shape index (κ3) is 19.8. The van der Waals surface area contributed by atoms with Crippen LogP contribution in [0.2, 0.25) is 0 Å². The van der Waals surface area contributed by atoms with Gasteiger partial charge < -0.3 is 30.7 Å². The van der Waals surface area contributed by atoms with E-state index in [9.17, 15) is 59.9 Å². The van der Waals surface area contributed by atoms with E-state index in [1.165, 1.54) is 22.9 Å². The van der Waals surface area contributed by atoms with Crippen LogP contribution in [0.3, 0.4) is 0 Å². The number of fused-ring (bicyclic) bond motifs is 1. The largest absolute Gasteiger partial charge is 0.446 e. The Morgan fingerprint density at radius 2 is 0.922 bits per heavy atom. The Bertz CT molecular complexity index is 4200. The normalized spacial score (nSPS) is 24.0. The summed E-state index contributed by atoms with van der Waals surface area (Å²) in [4.78, 5) is 104. The molecule has 1 amide bonds. The van der Waals surface area contributed by atoms with E-state index < -0.39 is 53.2 Å². The van der Waals surface area contributed by atoms with Crippen molar-refractivity contribution in [2.24, 2.45) is 35.3 Å². The number of carbonyl (C=O) groups is 4. The van der Waals surface area contributed by atoms with Crippen LogP contribution in [0.15, 0.2) is 112 Å². The first-order valence-corrected chi connectivity index (χ1v) is 35.8. The van der Waals surface area contributed by atoms with Crippen LogP contribution in [0.1, 0.15) is 186 Å². The highest BCUT2D eigenvalue weighted by Crippen LogP contribution is 2.42. The van der Waals surface area contributed by atoms with Gasteiger partial charge in [-0.3, -0.25) is 48.3 Å². The Hall–Kier alpha value is -8.67. The number of likely N-dealkylation sites (tertiary alicyclic amines) is 3. The van der Waals surface area contributed by atoms with Gasteiger partial charge in [-0.15, -0.1) is 20.4 Å². The minimum atomic E-state index is -2.71. The van der Waals surface area contributed by atoms with Crippen LogP contribution in [-0.4, -0.2) is 151 Å². The molecule has 7 aliphatic rings. The number of carbonyl (C=O) groups excluding carboxylic acids is 4. The Kier molecular flexibility index (Phi) is 24.5. The Labute approximate surface area is 592 Å². The average Bonchev–Trinajstić information content (AvgIpc) is 1.65. The highest BCUT2D eigenvalue weighted by Gasteiger charge is 2.44. The molecule has 4 aromatic heterocycles. The molecule has 0 spiro atoms. The van der Waals surface area contributed by atoms with E-state index in [-0.39, 0.29) is 148 Å². The number of Topliss-reactive ketones (excluding diaryl/α,β-unsaturated/α-hetero) is 2. The number of nitrogens with zero attached hydrogens (tertiary/aromatic N) is 10. The number of benzene rings is 3. The molecular formula is C74H91F6N15O8. The number of aromatic nitrogens is 10. The molecule has 552 valence electrons. The quantitative estimate of drug-likeness (QED) is 0.0342. The maximum Gasteiger partial charge on any atom is 0.310 e. The van der Waals surface area contributed by atoms with Crippen LogP contribution in [0, 0.1) is 29.6 Å². The van der Waals surface area contributed by atoms with E-state index in [2.05, 4.69) is 130 Å². The van der Waals surface area contributed by atoms with Crippen molar-refractivity contribution in [3.8, 4) is 0 Å². The van der Waals surface area contributed by atoms with Crippen LogP contribution < -0.4 is 27.7 Å². The SMILES string of the molecule is CC1CN(Cc2ccccc2)CC1c1nn2c(C3CCC(F)(F)CC3)ncc2c(=O)[nH]1.CC1CN(Cc2ccccc2)CC1c1nnc(CN)c(=O)[nH]1.CC1CN(Cc2ccccc2)CC1c1nnc(CNC(=O)C2CCC(F)(F)CC2)c(=O)[nH]1.O=C(OC1C(=O)CCC1=O)C1CCC(F)(F)CC1.